The van der Waals surface area contributed by atoms with E-state index in [0.717, 1.165) is 24.5 Å². The van der Waals surface area contributed by atoms with Crippen LogP contribution in [-0.4, -0.2) is 34.8 Å². The summed E-state index contributed by atoms with van der Waals surface area (Å²) in [6.45, 7) is 3.65. The normalized spacial score (nSPS) is 16.1. The molecule has 0 aliphatic carbocycles. The average molecular weight is 337 g/mol. The predicted octanol–water partition coefficient (Wildman–Crippen LogP) is 2.87. The lowest BCUT2D eigenvalue weighted by molar-refractivity contribution is 0.200. The Morgan fingerprint density at radius 1 is 1.35 bits per heavy atom. The van der Waals surface area contributed by atoms with Gasteiger partial charge < -0.3 is 15.3 Å². The molecule has 1 fully saturated rings. The number of nitrogens with one attached hydrogen (secondary N) is 1. The average Bonchev–Trinajstić information content (AvgIpc) is 2.46. The molecule has 1 aliphatic rings. The molecular formula is C16H18ClFN4O. The largest absolute Gasteiger partial charge is 0.396 e. The molecular weight excluding hydrogens is 319 g/mol. The summed E-state index contributed by atoms with van der Waals surface area (Å²) in [5, 5.41) is 12.6. The molecule has 2 aromatic rings. The van der Waals surface area contributed by atoms with Crippen molar-refractivity contribution in [2.75, 3.05) is 29.9 Å². The standard InChI is InChI=1S/C16H18ClFN4O/c1-10(12-2-4-13(18)5-3-12)19-16-20-14(17)6-15(21-16)22-7-11(8-22)9-23/h2-6,10-11,23H,7-9H2,1H3,(H,19,20,21)/t10-/m0/s1. The van der Waals surface area contributed by atoms with Crippen LogP contribution in [0.2, 0.25) is 5.15 Å². The first-order valence-corrected chi connectivity index (χ1v) is 7.85. The third kappa shape index (κ3) is 3.71. The monoisotopic (exact) mass is 336 g/mol. The van der Waals surface area contributed by atoms with Crippen LogP contribution < -0.4 is 10.2 Å². The lowest BCUT2D eigenvalue weighted by atomic mass is 10.0. The minimum atomic E-state index is -0.265. The minimum Gasteiger partial charge on any atom is -0.396 e. The molecule has 0 spiro atoms. The molecule has 122 valence electrons. The van der Waals surface area contributed by atoms with Gasteiger partial charge >= 0.3 is 0 Å². The van der Waals surface area contributed by atoms with Gasteiger partial charge in [0.05, 0.1) is 6.04 Å². The highest BCUT2D eigenvalue weighted by Crippen LogP contribution is 2.26. The number of benzene rings is 1. The fourth-order valence-corrected chi connectivity index (χ4v) is 2.71. The molecule has 1 aromatic carbocycles. The third-order valence-electron chi connectivity index (χ3n) is 3.94. The number of anilines is 2. The van der Waals surface area contributed by atoms with Crippen molar-refractivity contribution in [3.8, 4) is 0 Å². The Hall–Kier alpha value is -1.92. The number of aromatic nitrogens is 2. The van der Waals surface area contributed by atoms with Crippen LogP contribution in [0.25, 0.3) is 0 Å². The number of nitrogens with zero attached hydrogens (tertiary/aromatic N) is 3. The summed E-state index contributed by atoms with van der Waals surface area (Å²) in [6.07, 6.45) is 0. The number of rotatable bonds is 5. The third-order valence-corrected chi connectivity index (χ3v) is 4.13. The summed E-state index contributed by atoms with van der Waals surface area (Å²) in [6, 6.07) is 7.92. The summed E-state index contributed by atoms with van der Waals surface area (Å²) in [5.74, 6) is 1.19. The van der Waals surface area contributed by atoms with Crippen molar-refractivity contribution in [3.63, 3.8) is 0 Å². The number of aliphatic hydroxyl groups is 1. The molecule has 23 heavy (non-hydrogen) atoms. The predicted molar refractivity (Wildman–Crippen MR) is 88.3 cm³/mol. The van der Waals surface area contributed by atoms with Gasteiger partial charge in [0.15, 0.2) is 0 Å². The summed E-state index contributed by atoms with van der Waals surface area (Å²) in [7, 11) is 0. The molecule has 2 heterocycles. The van der Waals surface area contributed by atoms with Crippen molar-refractivity contribution in [3.05, 3.63) is 46.9 Å². The molecule has 1 aliphatic heterocycles. The van der Waals surface area contributed by atoms with E-state index in [4.69, 9.17) is 16.7 Å². The van der Waals surface area contributed by atoms with Gasteiger partial charge in [0.1, 0.15) is 16.8 Å². The number of hydrogen-bond acceptors (Lipinski definition) is 5. The fourth-order valence-electron chi connectivity index (χ4n) is 2.53. The highest BCUT2D eigenvalue weighted by molar-refractivity contribution is 6.29. The molecule has 0 unspecified atom stereocenters. The van der Waals surface area contributed by atoms with E-state index in [-0.39, 0.29) is 18.5 Å². The number of halogens is 2. The van der Waals surface area contributed by atoms with Crippen LogP contribution in [-0.2, 0) is 0 Å². The Morgan fingerprint density at radius 2 is 2.04 bits per heavy atom. The van der Waals surface area contributed by atoms with Crippen LogP contribution in [0, 0.1) is 11.7 Å². The molecule has 1 atom stereocenters. The second kappa shape index (κ2) is 6.68. The van der Waals surface area contributed by atoms with Crippen molar-refractivity contribution < 1.29 is 9.50 Å². The second-order valence-electron chi connectivity index (χ2n) is 5.74. The summed E-state index contributed by atoms with van der Waals surface area (Å²) >= 11 is 6.08. The first kappa shape index (κ1) is 16.0. The zero-order valence-electron chi connectivity index (χ0n) is 12.7. The molecule has 3 rings (SSSR count). The molecule has 0 radical (unpaired) electrons. The van der Waals surface area contributed by atoms with Crippen LogP contribution in [0.3, 0.4) is 0 Å². The van der Waals surface area contributed by atoms with Crippen LogP contribution in [0.15, 0.2) is 30.3 Å². The van der Waals surface area contributed by atoms with E-state index in [1.54, 1.807) is 18.2 Å². The quantitative estimate of drug-likeness (QED) is 0.822. The Bertz CT molecular complexity index is 676. The SMILES string of the molecule is C[C@H](Nc1nc(Cl)cc(N2CC(CO)C2)n1)c1ccc(F)cc1. The number of hydrogen-bond donors (Lipinski definition) is 2. The summed E-state index contributed by atoms with van der Waals surface area (Å²) in [5.41, 5.74) is 0.931. The molecule has 1 saturated heterocycles. The Balaban J connectivity index is 1.72. The minimum absolute atomic E-state index is 0.0801. The molecule has 1 aromatic heterocycles. The smallest absolute Gasteiger partial charge is 0.226 e. The van der Waals surface area contributed by atoms with E-state index in [1.165, 1.54) is 12.1 Å². The Kier molecular flexibility index (Phi) is 4.63. The highest BCUT2D eigenvalue weighted by atomic mass is 35.5. The van der Waals surface area contributed by atoms with Crippen LogP contribution in [0.1, 0.15) is 18.5 Å². The van der Waals surface area contributed by atoms with Gasteiger partial charge in [-0.2, -0.15) is 4.98 Å². The molecule has 0 saturated carbocycles. The zero-order chi connectivity index (χ0) is 16.4. The Morgan fingerprint density at radius 3 is 2.70 bits per heavy atom. The van der Waals surface area contributed by atoms with Crippen molar-refractivity contribution in [2.24, 2.45) is 5.92 Å². The van der Waals surface area contributed by atoms with Gasteiger partial charge in [-0.3, -0.25) is 0 Å². The molecule has 5 nitrogen and oxygen atoms in total. The zero-order valence-corrected chi connectivity index (χ0v) is 13.5. The molecule has 0 amide bonds. The summed E-state index contributed by atoms with van der Waals surface area (Å²) < 4.78 is 13.0. The molecule has 2 N–H and O–H groups in total. The van der Waals surface area contributed by atoms with Gasteiger partial charge in [-0.25, -0.2) is 9.37 Å². The molecule has 7 heteroatoms. The molecule has 0 bridgehead atoms. The number of aliphatic hydroxyl groups excluding tert-OH is 1. The van der Waals surface area contributed by atoms with E-state index < -0.39 is 0 Å². The Labute approximate surface area is 139 Å². The van der Waals surface area contributed by atoms with Gasteiger partial charge in [-0.15, -0.1) is 0 Å². The van der Waals surface area contributed by atoms with Gasteiger partial charge in [0, 0.05) is 31.7 Å². The van der Waals surface area contributed by atoms with E-state index in [9.17, 15) is 4.39 Å². The van der Waals surface area contributed by atoms with E-state index in [1.807, 2.05) is 11.8 Å². The van der Waals surface area contributed by atoms with Gasteiger partial charge in [0.2, 0.25) is 5.95 Å². The van der Waals surface area contributed by atoms with Crippen molar-refractivity contribution >= 4 is 23.4 Å². The lowest BCUT2D eigenvalue weighted by Gasteiger charge is -2.39. The van der Waals surface area contributed by atoms with Gasteiger partial charge in [-0.1, -0.05) is 23.7 Å². The van der Waals surface area contributed by atoms with E-state index >= 15 is 0 Å². The van der Waals surface area contributed by atoms with E-state index in [2.05, 4.69) is 15.3 Å². The lowest BCUT2D eigenvalue weighted by Crippen LogP contribution is -2.48. The van der Waals surface area contributed by atoms with Crippen LogP contribution >= 0.6 is 11.6 Å². The first-order chi connectivity index (χ1) is 11.0. The van der Waals surface area contributed by atoms with Gasteiger partial charge in [-0.05, 0) is 24.6 Å². The van der Waals surface area contributed by atoms with Crippen LogP contribution in [0.5, 0.6) is 0 Å². The maximum Gasteiger partial charge on any atom is 0.226 e. The fraction of sp³-hybridized carbons (Fsp3) is 0.375. The van der Waals surface area contributed by atoms with E-state index in [0.29, 0.717) is 17.0 Å². The highest BCUT2D eigenvalue weighted by Gasteiger charge is 2.27. The maximum absolute atomic E-state index is 13.0. The van der Waals surface area contributed by atoms with Crippen molar-refractivity contribution in [1.82, 2.24) is 9.97 Å². The van der Waals surface area contributed by atoms with Gasteiger partial charge in [0.25, 0.3) is 0 Å². The van der Waals surface area contributed by atoms with Crippen molar-refractivity contribution in [1.29, 1.82) is 0 Å². The van der Waals surface area contributed by atoms with Crippen LogP contribution in [0.4, 0.5) is 16.2 Å². The topological polar surface area (TPSA) is 61.3 Å². The maximum atomic E-state index is 13.0. The second-order valence-corrected chi connectivity index (χ2v) is 6.13. The van der Waals surface area contributed by atoms with Crippen molar-refractivity contribution in [2.45, 2.75) is 13.0 Å². The summed E-state index contributed by atoms with van der Waals surface area (Å²) in [4.78, 5) is 10.7. The first-order valence-electron chi connectivity index (χ1n) is 7.47.